The molecule has 8 heteroatoms. The van der Waals surface area contributed by atoms with Crippen molar-refractivity contribution in [2.75, 3.05) is 7.11 Å². The summed E-state index contributed by atoms with van der Waals surface area (Å²) < 4.78 is 15.7. The highest BCUT2D eigenvalue weighted by Gasteiger charge is 2.45. The topological polar surface area (TPSA) is 126 Å². The molecule has 0 bridgehead atoms. The summed E-state index contributed by atoms with van der Waals surface area (Å²) in [6.45, 7) is 1.64. The fraction of sp³-hybridized carbons (Fsp3) is 0.474. The number of carbonyl (C=O) groups excluding carboxylic acids is 2. The van der Waals surface area contributed by atoms with E-state index in [4.69, 9.17) is 14.2 Å². The van der Waals surface area contributed by atoms with Gasteiger partial charge in [0.25, 0.3) is 0 Å². The van der Waals surface area contributed by atoms with E-state index < -0.39 is 42.2 Å². The van der Waals surface area contributed by atoms with Crippen molar-refractivity contribution in [1.29, 1.82) is 0 Å². The molecule has 0 spiro atoms. The first-order valence-corrected chi connectivity index (χ1v) is 8.65. The molecule has 146 valence electrons. The lowest BCUT2D eigenvalue weighted by Crippen LogP contribution is -2.25. The van der Waals surface area contributed by atoms with Crippen LogP contribution in [-0.2, 0) is 14.3 Å². The molecule has 1 unspecified atom stereocenters. The number of benzene rings is 1. The maximum absolute atomic E-state index is 12.6. The van der Waals surface area contributed by atoms with Crippen molar-refractivity contribution in [3.05, 3.63) is 35.4 Å². The number of aliphatic hydroxyl groups is 2. The zero-order valence-corrected chi connectivity index (χ0v) is 15.0. The summed E-state index contributed by atoms with van der Waals surface area (Å²) in [4.78, 5) is 24.6. The standard InChI is InChI=1S/C19H22O8/c1-9-4-3-5-12(20)18-15(27-18)8-14(22)17(23)11-6-10(25-2)7-13(21)16(11)19(24)26-9/h3,5-7,9,14-15,17-18,21-23H,4,8H2,1-2H3/t9?,14-,15+,17-,18-/m0/s1. The fourth-order valence-electron chi connectivity index (χ4n) is 3.10. The molecule has 3 rings (SSSR count). The van der Waals surface area contributed by atoms with E-state index in [0.717, 1.165) is 0 Å². The number of ether oxygens (including phenoxy) is 3. The number of aliphatic hydroxyl groups excluding tert-OH is 2. The Morgan fingerprint density at radius 3 is 2.67 bits per heavy atom. The molecule has 5 atom stereocenters. The summed E-state index contributed by atoms with van der Waals surface area (Å²) in [5.74, 6) is -1.30. The van der Waals surface area contributed by atoms with Crippen LogP contribution in [0.25, 0.3) is 0 Å². The van der Waals surface area contributed by atoms with Crippen LogP contribution in [0.15, 0.2) is 24.3 Å². The number of aromatic hydroxyl groups is 1. The summed E-state index contributed by atoms with van der Waals surface area (Å²) >= 11 is 0. The van der Waals surface area contributed by atoms with E-state index in [-0.39, 0.29) is 29.1 Å². The Morgan fingerprint density at radius 2 is 1.96 bits per heavy atom. The molecule has 2 aliphatic rings. The first-order valence-electron chi connectivity index (χ1n) is 8.65. The van der Waals surface area contributed by atoms with Crippen LogP contribution in [0.2, 0.25) is 0 Å². The summed E-state index contributed by atoms with van der Waals surface area (Å²) in [5.41, 5.74) is -0.257. The molecule has 0 aliphatic carbocycles. The van der Waals surface area contributed by atoms with Crippen LogP contribution in [-0.4, -0.2) is 58.6 Å². The lowest BCUT2D eigenvalue weighted by molar-refractivity contribution is -0.115. The van der Waals surface area contributed by atoms with Crippen LogP contribution in [0, 0.1) is 0 Å². The van der Waals surface area contributed by atoms with Crippen molar-refractivity contribution in [3.63, 3.8) is 0 Å². The van der Waals surface area contributed by atoms with Crippen LogP contribution in [0.4, 0.5) is 0 Å². The van der Waals surface area contributed by atoms with Gasteiger partial charge in [0, 0.05) is 24.5 Å². The van der Waals surface area contributed by atoms with E-state index >= 15 is 0 Å². The van der Waals surface area contributed by atoms with Gasteiger partial charge < -0.3 is 29.5 Å². The van der Waals surface area contributed by atoms with E-state index in [1.54, 1.807) is 13.0 Å². The van der Waals surface area contributed by atoms with Gasteiger partial charge in [-0.3, -0.25) is 4.79 Å². The highest BCUT2D eigenvalue weighted by Crippen LogP contribution is 2.37. The maximum Gasteiger partial charge on any atom is 0.342 e. The predicted octanol–water partition coefficient (Wildman–Crippen LogP) is 1.03. The summed E-state index contributed by atoms with van der Waals surface area (Å²) in [7, 11) is 1.37. The minimum atomic E-state index is -1.51. The molecular formula is C19H22O8. The maximum atomic E-state index is 12.6. The monoisotopic (exact) mass is 378 g/mol. The Morgan fingerprint density at radius 1 is 1.22 bits per heavy atom. The van der Waals surface area contributed by atoms with E-state index in [1.165, 1.54) is 25.3 Å². The molecule has 27 heavy (non-hydrogen) atoms. The Bertz CT molecular complexity index is 771. The molecule has 1 saturated heterocycles. The van der Waals surface area contributed by atoms with Crippen LogP contribution in [0.5, 0.6) is 11.5 Å². The van der Waals surface area contributed by atoms with Gasteiger partial charge in [-0.05, 0) is 19.1 Å². The van der Waals surface area contributed by atoms with Crippen LogP contribution in [0.1, 0.15) is 41.8 Å². The lowest BCUT2D eigenvalue weighted by atomic mass is 9.94. The van der Waals surface area contributed by atoms with Gasteiger partial charge in [-0.25, -0.2) is 4.79 Å². The lowest BCUT2D eigenvalue weighted by Gasteiger charge is -2.22. The zero-order chi connectivity index (χ0) is 19.7. The highest BCUT2D eigenvalue weighted by atomic mass is 16.6. The van der Waals surface area contributed by atoms with Crippen molar-refractivity contribution in [2.24, 2.45) is 0 Å². The summed E-state index contributed by atoms with van der Waals surface area (Å²) in [5, 5.41) is 31.2. The molecule has 0 radical (unpaired) electrons. The molecular weight excluding hydrogens is 356 g/mol. The first kappa shape index (κ1) is 19.3. The second-order valence-electron chi connectivity index (χ2n) is 6.71. The molecule has 3 N–H and O–H groups in total. The zero-order valence-electron chi connectivity index (χ0n) is 15.0. The molecule has 1 aromatic carbocycles. The van der Waals surface area contributed by atoms with Crippen LogP contribution < -0.4 is 4.74 Å². The van der Waals surface area contributed by atoms with Crippen molar-refractivity contribution < 1.29 is 39.1 Å². The smallest absolute Gasteiger partial charge is 0.342 e. The third-order valence-electron chi connectivity index (χ3n) is 4.64. The van der Waals surface area contributed by atoms with E-state index in [1.807, 2.05) is 0 Å². The largest absolute Gasteiger partial charge is 0.507 e. The molecule has 0 amide bonds. The van der Waals surface area contributed by atoms with Gasteiger partial charge in [-0.2, -0.15) is 0 Å². The molecule has 0 aromatic heterocycles. The Balaban J connectivity index is 2.00. The minimum absolute atomic E-state index is 0.00568. The summed E-state index contributed by atoms with van der Waals surface area (Å²) in [6, 6.07) is 2.59. The number of hydrogen-bond acceptors (Lipinski definition) is 8. The van der Waals surface area contributed by atoms with E-state index in [0.29, 0.717) is 6.42 Å². The summed E-state index contributed by atoms with van der Waals surface area (Å²) in [6.07, 6.45) is -1.33. The van der Waals surface area contributed by atoms with Gasteiger partial charge in [0.1, 0.15) is 35.4 Å². The number of esters is 1. The highest BCUT2D eigenvalue weighted by molar-refractivity contribution is 5.96. The fourth-order valence-corrected chi connectivity index (χ4v) is 3.10. The van der Waals surface area contributed by atoms with Gasteiger partial charge in [-0.15, -0.1) is 0 Å². The molecule has 2 aliphatic heterocycles. The van der Waals surface area contributed by atoms with E-state index in [2.05, 4.69) is 0 Å². The van der Waals surface area contributed by atoms with Crippen molar-refractivity contribution >= 4 is 11.8 Å². The number of rotatable bonds is 1. The molecule has 1 aromatic rings. The van der Waals surface area contributed by atoms with Gasteiger partial charge in [0.15, 0.2) is 5.78 Å². The normalized spacial score (nSPS) is 31.3. The number of ketones is 1. The van der Waals surface area contributed by atoms with Gasteiger partial charge in [-0.1, -0.05) is 6.08 Å². The van der Waals surface area contributed by atoms with Crippen molar-refractivity contribution in [2.45, 2.75) is 50.3 Å². The van der Waals surface area contributed by atoms with Crippen LogP contribution >= 0.6 is 0 Å². The second-order valence-corrected chi connectivity index (χ2v) is 6.71. The number of phenols is 1. The number of fused-ring (bicyclic) bond motifs is 2. The number of hydrogen-bond donors (Lipinski definition) is 3. The first-order chi connectivity index (χ1) is 12.8. The van der Waals surface area contributed by atoms with Gasteiger partial charge in [0.2, 0.25) is 0 Å². The second kappa shape index (κ2) is 7.67. The molecule has 8 nitrogen and oxygen atoms in total. The third kappa shape index (κ3) is 4.13. The number of methoxy groups -OCH3 is 1. The average Bonchev–Trinajstić information content (AvgIpc) is 3.38. The number of phenolic OH excluding ortho intramolecular Hbond substituents is 1. The average molecular weight is 378 g/mol. The molecule has 2 heterocycles. The number of epoxide rings is 1. The Hall–Kier alpha value is -2.42. The third-order valence-corrected chi connectivity index (χ3v) is 4.64. The van der Waals surface area contributed by atoms with E-state index in [9.17, 15) is 24.9 Å². The van der Waals surface area contributed by atoms with Gasteiger partial charge in [0.05, 0.1) is 19.3 Å². The van der Waals surface area contributed by atoms with Crippen molar-refractivity contribution in [3.8, 4) is 11.5 Å². The van der Waals surface area contributed by atoms with Gasteiger partial charge >= 0.3 is 5.97 Å². The van der Waals surface area contributed by atoms with Crippen molar-refractivity contribution in [1.82, 2.24) is 0 Å². The van der Waals surface area contributed by atoms with Crippen LogP contribution in [0.3, 0.4) is 0 Å². The Labute approximate surface area is 156 Å². The predicted molar refractivity (Wildman–Crippen MR) is 92.5 cm³/mol. The Kier molecular flexibility index (Phi) is 5.50. The minimum Gasteiger partial charge on any atom is -0.507 e. The SMILES string of the molecule is COc1cc(O)c2c(c1)[C@H](O)[C@@H](O)C[C@H]1O[C@H]1C(=O)C=CCC(C)OC2=O. The molecule has 1 fully saturated rings. The molecule has 0 saturated carbocycles. The number of cyclic esters (lactones) is 1. The number of carbonyl (C=O) groups is 2. The quantitative estimate of drug-likeness (QED) is 0.489.